The molecule has 0 saturated carbocycles. The number of benzene rings is 2. The predicted octanol–water partition coefficient (Wildman–Crippen LogP) is 3.50. The van der Waals surface area contributed by atoms with Crippen LogP contribution in [0.25, 0.3) is 0 Å². The third kappa shape index (κ3) is 8.57. The van der Waals surface area contributed by atoms with Crippen molar-refractivity contribution in [3.8, 4) is 0 Å². The van der Waals surface area contributed by atoms with Crippen molar-refractivity contribution in [1.29, 1.82) is 0 Å². The SMILES string of the molecule is CC(C)C[C@H](NC(=O)OCc1ccccc1)C(=O)N/C(=C/N1CCOCC1)C(=O)c1ccccc1. The molecule has 1 saturated heterocycles. The fourth-order valence-electron chi connectivity index (χ4n) is 3.61. The molecule has 8 heteroatoms. The van der Waals surface area contributed by atoms with E-state index in [-0.39, 0.29) is 24.0 Å². The number of nitrogens with zero attached hydrogens (tertiary/aromatic N) is 1. The van der Waals surface area contributed by atoms with E-state index in [1.54, 1.807) is 30.5 Å². The molecule has 1 atom stereocenters. The molecule has 1 aliphatic rings. The average molecular weight is 480 g/mol. The largest absolute Gasteiger partial charge is 0.445 e. The van der Waals surface area contributed by atoms with Gasteiger partial charge in [-0.3, -0.25) is 9.59 Å². The molecular weight excluding hydrogens is 446 g/mol. The van der Waals surface area contributed by atoms with Gasteiger partial charge in [-0.15, -0.1) is 0 Å². The van der Waals surface area contributed by atoms with E-state index in [0.29, 0.717) is 38.3 Å². The Morgan fingerprint density at radius 3 is 2.26 bits per heavy atom. The number of alkyl carbamates (subject to hydrolysis) is 1. The van der Waals surface area contributed by atoms with E-state index >= 15 is 0 Å². The van der Waals surface area contributed by atoms with Gasteiger partial charge in [0, 0.05) is 24.9 Å². The lowest BCUT2D eigenvalue weighted by Crippen LogP contribution is -2.48. The molecule has 3 rings (SSSR count). The van der Waals surface area contributed by atoms with Gasteiger partial charge in [0.25, 0.3) is 0 Å². The van der Waals surface area contributed by atoms with Gasteiger partial charge in [-0.05, 0) is 17.9 Å². The summed E-state index contributed by atoms with van der Waals surface area (Å²) in [6.07, 6.45) is 1.36. The smallest absolute Gasteiger partial charge is 0.408 e. The Hall–Kier alpha value is -3.65. The normalized spacial score (nSPS) is 14.8. The Kier molecular flexibility index (Phi) is 9.86. The minimum Gasteiger partial charge on any atom is -0.445 e. The Bertz CT molecular complexity index is 1000. The van der Waals surface area contributed by atoms with E-state index in [9.17, 15) is 14.4 Å². The van der Waals surface area contributed by atoms with E-state index in [1.807, 2.05) is 55.1 Å². The summed E-state index contributed by atoms with van der Waals surface area (Å²) >= 11 is 0. The zero-order valence-corrected chi connectivity index (χ0v) is 20.2. The molecule has 1 aliphatic heterocycles. The van der Waals surface area contributed by atoms with Gasteiger partial charge in [-0.1, -0.05) is 74.5 Å². The molecular formula is C27H33N3O5. The number of morpholine rings is 1. The van der Waals surface area contributed by atoms with Crippen LogP contribution >= 0.6 is 0 Å². The van der Waals surface area contributed by atoms with E-state index < -0.39 is 18.0 Å². The predicted molar refractivity (Wildman–Crippen MR) is 132 cm³/mol. The van der Waals surface area contributed by atoms with E-state index in [1.165, 1.54) is 0 Å². The van der Waals surface area contributed by atoms with Crippen LogP contribution in [0.5, 0.6) is 0 Å². The lowest BCUT2D eigenvalue weighted by molar-refractivity contribution is -0.122. The molecule has 0 aromatic heterocycles. The maximum atomic E-state index is 13.3. The van der Waals surface area contributed by atoms with Crippen LogP contribution in [0.4, 0.5) is 4.79 Å². The van der Waals surface area contributed by atoms with Crippen LogP contribution in [0.2, 0.25) is 0 Å². The standard InChI is InChI=1S/C27H33N3O5/c1-20(2)17-23(29-27(33)35-19-21-9-5-3-6-10-21)26(32)28-24(18-30-13-15-34-16-14-30)25(31)22-11-7-4-8-12-22/h3-12,18,20,23H,13-17,19H2,1-2H3,(H,28,32)(H,29,33)/b24-18+/t23-/m0/s1. The van der Waals surface area contributed by atoms with Crippen LogP contribution in [-0.4, -0.2) is 55.0 Å². The van der Waals surface area contributed by atoms with Crippen LogP contribution in [-0.2, 0) is 20.9 Å². The molecule has 186 valence electrons. The number of Topliss-reactive ketones (excluding diaryl/α,β-unsaturated/α-hetero) is 1. The Morgan fingerprint density at radius 1 is 1.00 bits per heavy atom. The highest BCUT2D eigenvalue weighted by Gasteiger charge is 2.26. The van der Waals surface area contributed by atoms with Crippen molar-refractivity contribution in [2.24, 2.45) is 5.92 Å². The highest BCUT2D eigenvalue weighted by molar-refractivity contribution is 6.10. The molecule has 8 nitrogen and oxygen atoms in total. The zero-order valence-electron chi connectivity index (χ0n) is 20.2. The first-order valence-electron chi connectivity index (χ1n) is 11.8. The molecule has 2 N–H and O–H groups in total. The minimum atomic E-state index is -0.866. The maximum Gasteiger partial charge on any atom is 0.408 e. The number of ketones is 1. The Balaban J connectivity index is 1.72. The lowest BCUT2D eigenvalue weighted by atomic mass is 10.0. The first-order chi connectivity index (χ1) is 16.9. The van der Waals surface area contributed by atoms with Crippen LogP contribution in [0.15, 0.2) is 72.6 Å². The van der Waals surface area contributed by atoms with Gasteiger partial charge >= 0.3 is 6.09 Å². The number of rotatable bonds is 10. The molecule has 1 heterocycles. The summed E-state index contributed by atoms with van der Waals surface area (Å²) < 4.78 is 10.7. The molecule has 0 bridgehead atoms. The van der Waals surface area contributed by atoms with Gasteiger partial charge in [-0.2, -0.15) is 0 Å². The summed E-state index contributed by atoms with van der Waals surface area (Å²) in [6, 6.07) is 17.2. The summed E-state index contributed by atoms with van der Waals surface area (Å²) in [6.45, 7) is 6.32. The summed E-state index contributed by atoms with van der Waals surface area (Å²) in [5, 5.41) is 5.43. The molecule has 35 heavy (non-hydrogen) atoms. The van der Waals surface area contributed by atoms with E-state index in [0.717, 1.165) is 5.56 Å². The van der Waals surface area contributed by atoms with Crippen LogP contribution in [0.1, 0.15) is 36.2 Å². The molecule has 0 aliphatic carbocycles. The molecule has 0 unspecified atom stereocenters. The summed E-state index contributed by atoms with van der Waals surface area (Å²) in [5.74, 6) is -0.656. The maximum absolute atomic E-state index is 13.3. The van der Waals surface area contributed by atoms with Gasteiger partial charge < -0.3 is 25.0 Å². The van der Waals surface area contributed by atoms with Crippen molar-refractivity contribution >= 4 is 17.8 Å². The van der Waals surface area contributed by atoms with Crippen molar-refractivity contribution < 1.29 is 23.9 Å². The van der Waals surface area contributed by atoms with Crippen molar-refractivity contribution in [1.82, 2.24) is 15.5 Å². The monoisotopic (exact) mass is 479 g/mol. The number of hydrogen-bond donors (Lipinski definition) is 2. The zero-order chi connectivity index (χ0) is 25.0. The van der Waals surface area contributed by atoms with E-state index in [2.05, 4.69) is 10.6 Å². The van der Waals surface area contributed by atoms with Crippen LogP contribution in [0, 0.1) is 5.92 Å². The van der Waals surface area contributed by atoms with Crippen molar-refractivity contribution in [2.45, 2.75) is 32.9 Å². The van der Waals surface area contributed by atoms with Crippen molar-refractivity contribution in [3.05, 3.63) is 83.7 Å². The first-order valence-corrected chi connectivity index (χ1v) is 11.8. The highest BCUT2D eigenvalue weighted by Crippen LogP contribution is 2.12. The number of hydrogen-bond acceptors (Lipinski definition) is 6. The third-order valence-corrected chi connectivity index (χ3v) is 5.42. The van der Waals surface area contributed by atoms with Gasteiger partial charge in [0.15, 0.2) is 0 Å². The van der Waals surface area contributed by atoms with Gasteiger partial charge in [0.1, 0.15) is 18.3 Å². The topological polar surface area (TPSA) is 97.0 Å². The highest BCUT2D eigenvalue weighted by atomic mass is 16.5. The van der Waals surface area contributed by atoms with Crippen molar-refractivity contribution in [3.63, 3.8) is 0 Å². The molecule has 2 aromatic rings. The fourth-order valence-corrected chi connectivity index (χ4v) is 3.61. The Morgan fingerprint density at radius 2 is 1.63 bits per heavy atom. The second-order valence-corrected chi connectivity index (χ2v) is 8.76. The fraction of sp³-hybridized carbons (Fsp3) is 0.370. The number of carbonyl (C=O) groups is 3. The molecule has 1 fully saturated rings. The molecule has 2 aromatic carbocycles. The number of carbonyl (C=O) groups excluding carboxylic acids is 3. The summed E-state index contributed by atoms with van der Waals surface area (Å²) in [5.41, 5.74) is 1.45. The summed E-state index contributed by atoms with van der Waals surface area (Å²) in [4.78, 5) is 40.9. The minimum absolute atomic E-state index is 0.0946. The third-order valence-electron chi connectivity index (χ3n) is 5.42. The van der Waals surface area contributed by atoms with Crippen LogP contribution in [0.3, 0.4) is 0 Å². The molecule has 2 amide bonds. The summed E-state index contributed by atoms with van der Waals surface area (Å²) in [7, 11) is 0. The van der Waals surface area contributed by atoms with Gasteiger partial charge in [0.2, 0.25) is 11.7 Å². The Labute approximate surface area is 206 Å². The quantitative estimate of drug-likeness (QED) is 0.400. The number of allylic oxidation sites excluding steroid dienone is 1. The van der Waals surface area contributed by atoms with Crippen LogP contribution < -0.4 is 10.6 Å². The lowest BCUT2D eigenvalue weighted by Gasteiger charge is -2.27. The molecule has 0 spiro atoms. The number of ether oxygens (including phenoxy) is 2. The second kappa shape index (κ2) is 13.3. The van der Waals surface area contributed by atoms with Gasteiger partial charge in [0.05, 0.1) is 13.2 Å². The van der Waals surface area contributed by atoms with Gasteiger partial charge in [-0.25, -0.2) is 4.79 Å². The number of amides is 2. The molecule has 0 radical (unpaired) electrons. The first kappa shape index (κ1) is 26.0. The van der Waals surface area contributed by atoms with Crippen molar-refractivity contribution in [2.75, 3.05) is 26.3 Å². The number of nitrogens with one attached hydrogen (secondary N) is 2. The second-order valence-electron chi connectivity index (χ2n) is 8.76. The average Bonchev–Trinajstić information content (AvgIpc) is 2.87. The van der Waals surface area contributed by atoms with E-state index in [4.69, 9.17) is 9.47 Å².